The van der Waals surface area contributed by atoms with E-state index in [4.69, 9.17) is 0 Å². The van der Waals surface area contributed by atoms with Crippen molar-refractivity contribution in [1.29, 1.82) is 0 Å². The van der Waals surface area contributed by atoms with Gasteiger partial charge in [0.25, 0.3) is 5.91 Å². The van der Waals surface area contributed by atoms with Gasteiger partial charge in [-0.2, -0.15) is 0 Å². The van der Waals surface area contributed by atoms with Crippen LogP contribution in [0.5, 0.6) is 0 Å². The quantitative estimate of drug-likeness (QED) is 0.667. The van der Waals surface area contributed by atoms with Crippen molar-refractivity contribution >= 4 is 28.2 Å². The molecule has 1 aliphatic rings. The third-order valence-corrected chi connectivity index (χ3v) is 5.68. The number of hydrogen-bond acceptors (Lipinski definition) is 5. The molecule has 142 valence electrons. The van der Waals surface area contributed by atoms with Crippen LogP contribution in [0.3, 0.4) is 0 Å². The van der Waals surface area contributed by atoms with Crippen molar-refractivity contribution in [2.75, 3.05) is 5.32 Å². The zero-order chi connectivity index (χ0) is 19.7. The smallest absolute Gasteiger partial charge is 0.257 e. The number of rotatable bonds is 6. The number of aromatic nitrogens is 2. The van der Waals surface area contributed by atoms with E-state index in [1.165, 1.54) is 11.3 Å². The van der Waals surface area contributed by atoms with Gasteiger partial charge in [0.2, 0.25) is 0 Å². The maximum absolute atomic E-state index is 12.3. The Morgan fingerprint density at radius 2 is 1.82 bits per heavy atom. The number of carbonyl (C=O) groups is 2. The van der Waals surface area contributed by atoms with Crippen molar-refractivity contribution < 1.29 is 9.59 Å². The SMILES string of the molecule is Cc1cc(CC(=O)C2CC2)cc(C)c1-c1csc(NC(=O)c2ccncc2)n1. The largest absolute Gasteiger partial charge is 0.299 e. The molecule has 3 aromatic rings. The van der Waals surface area contributed by atoms with Crippen LogP contribution in [-0.4, -0.2) is 21.7 Å². The molecular formula is C22H21N3O2S. The van der Waals surface area contributed by atoms with Crippen molar-refractivity contribution in [3.63, 3.8) is 0 Å². The number of ketones is 1. The molecule has 1 aliphatic carbocycles. The van der Waals surface area contributed by atoms with Gasteiger partial charge in [-0.15, -0.1) is 11.3 Å². The van der Waals surface area contributed by atoms with E-state index in [0.717, 1.165) is 40.8 Å². The fraction of sp³-hybridized carbons (Fsp3) is 0.273. The van der Waals surface area contributed by atoms with Crippen LogP contribution < -0.4 is 5.32 Å². The zero-order valence-electron chi connectivity index (χ0n) is 15.9. The number of carbonyl (C=O) groups excluding carboxylic acids is 2. The molecule has 1 aromatic carbocycles. The van der Waals surface area contributed by atoms with E-state index in [9.17, 15) is 9.59 Å². The third kappa shape index (κ3) is 4.02. The molecule has 1 N–H and O–H groups in total. The normalized spacial score (nSPS) is 13.4. The van der Waals surface area contributed by atoms with Gasteiger partial charge in [0.15, 0.2) is 5.13 Å². The van der Waals surface area contributed by atoms with Crippen LogP contribution in [0.1, 0.15) is 39.9 Å². The van der Waals surface area contributed by atoms with E-state index in [1.54, 1.807) is 24.5 Å². The number of hydrogen-bond donors (Lipinski definition) is 1. The number of nitrogens with zero attached hydrogens (tertiary/aromatic N) is 2. The Bertz CT molecular complexity index is 1020. The summed E-state index contributed by atoms with van der Waals surface area (Å²) in [6.45, 7) is 4.09. The summed E-state index contributed by atoms with van der Waals surface area (Å²) in [6.07, 6.45) is 5.77. The summed E-state index contributed by atoms with van der Waals surface area (Å²) >= 11 is 1.40. The molecule has 0 atom stereocenters. The van der Waals surface area contributed by atoms with E-state index in [2.05, 4.69) is 27.4 Å². The van der Waals surface area contributed by atoms with Gasteiger partial charge in [-0.05, 0) is 55.5 Å². The standard InChI is InChI=1S/C22H21N3O2S/c1-13-9-15(11-19(26)16-3-4-16)10-14(2)20(13)18-12-28-22(24-18)25-21(27)17-5-7-23-8-6-17/h5-10,12,16H,3-4,11H2,1-2H3,(H,24,25,27). The summed E-state index contributed by atoms with van der Waals surface area (Å²) in [5.74, 6) is 0.428. The highest BCUT2D eigenvalue weighted by atomic mass is 32.1. The molecule has 1 fully saturated rings. The number of nitrogens with one attached hydrogen (secondary N) is 1. The van der Waals surface area contributed by atoms with Crippen LogP contribution in [0.15, 0.2) is 42.0 Å². The summed E-state index contributed by atoms with van der Waals surface area (Å²) in [7, 11) is 0. The van der Waals surface area contributed by atoms with Crippen LogP contribution in [0.4, 0.5) is 5.13 Å². The Balaban J connectivity index is 1.53. The highest BCUT2D eigenvalue weighted by Gasteiger charge is 2.29. The number of aryl methyl sites for hydroxylation is 2. The van der Waals surface area contributed by atoms with E-state index in [0.29, 0.717) is 22.9 Å². The van der Waals surface area contributed by atoms with E-state index < -0.39 is 0 Å². The van der Waals surface area contributed by atoms with Crippen molar-refractivity contribution in [3.05, 3.63) is 64.3 Å². The molecular weight excluding hydrogens is 370 g/mol. The molecule has 2 heterocycles. The van der Waals surface area contributed by atoms with Gasteiger partial charge in [-0.3, -0.25) is 19.9 Å². The summed E-state index contributed by atoms with van der Waals surface area (Å²) < 4.78 is 0. The van der Waals surface area contributed by atoms with Crippen LogP contribution in [0.25, 0.3) is 11.3 Å². The summed E-state index contributed by atoms with van der Waals surface area (Å²) in [5.41, 5.74) is 5.70. The van der Waals surface area contributed by atoms with Crippen LogP contribution in [0, 0.1) is 19.8 Å². The van der Waals surface area contributed by atoms with E-state index in [1.807, 2.05) is 19.2 Å². The molecule has 2 aromatic heterocycles. The fourth-order valence-corrected chi connectivity index (χ4v) is 4.13. The lowest BCUT2D eigenvalue weighted by Gasteiger charge is -2.11. The second kappa shape index (κ2) is 7.64. The molecule has 1 amide bonds. The molecule has 28 heavy (non-hydrogen) atoms. The minimum Gasteiger partial charge on any atom is -0.299 e. The lowest BCUT2D eigenvalue weighted by molar-refractivity contribution is -0.119. The predicted octanol–water partition coefficient (Wildman–Crippen LogP) is 4.60. The van der Waals surface area contributed by atoms with Gasteiger partial charge in [0.1, 0.15) is 5.78 Å². The first-order valence-corrected chi connectivity index (χ1v) is 10.2. The van der Waals surface area contributed by atoms with Crippen LogP contribution in [-0.2, 0) is 11.2 Å². The first-order chi connectivity index (χ1) is 13.5. The lowest BCUT2D eigenvalue weighted by Crippen LogP contribution is -2.11. The molecule has 6 heteroatoms. The van der Waals surface area contributed by atoms with E-state index in [-0.39, 0.29) is 11.8 Å². The Hall–Kier alpha value is -2.86. The van der Waals surface area contributed by atoms with Crippen molar-refractivity contribution in [3.8, 4) is 11.3 Å². The topological polar surface area (TPSA) is 72.0 Å². The van der Waals surface area contributed by atoms with Crippen LogP contribution >= 0.6 is 11.3 Å². The van der Waals surface area contributed by atoms with Crippen molar-refractivity contribution in [2.45, 2.75) is 33.1 Å². The number of amides is 1. The molecule has 0 radical (unpaired) electrons. The highest BCUT2D eigenvalue weighted by molar-refractivity contribution is 7.14. The highest BCUT2D eigenvalue weighted by Crippen LogP contribution is 2.34. The molecule has 5 nitrogen and oxygen atoms in total. The van der Waals surface area contributed by atoms with E-state index >= 15 is 0 Å². The molecule has 0 unspecified atom stereocenters. The monoisotopic (exact) mass is 391 g/mol. The van der Waals surface area contributed by atoms with Gasteiger partial charge in [-0.25, -0.2) is 4.98 Å². The molecule has 0 aliphatic heterocycles. The minimum atomic E-state index is -0.203. The third-order valence-electron chi connectivity index (χ3n) is 4.93. The maximum atomic E-state index is 12.3. The number of Topliss-reactive ketones (excluding diaryl/α,β-unsaturated/α-hetero) is 1. The molecule has 4 rings (SSSR count). The maximum Gasteiger partial charge on any atom is 0.257 e. The van der Waals surface area contributed by atoms with Gasteiger partial charge >= 0.3 is 0 Å². The average molecular weight is 391 g/mol. The molecule has 0 saturated heterocycles. The fourth-order valence-electron chi connectivity index (χ4n) is 3.43. The number of pyridine rings is 1. The Kier molecular flexibility index (Phi) is 5.05. The zero-order valence-corrected chi connectivity index (χ0v) is 16.7. The number of thiazole rings is 1. The van der Waals surface area contributed by atoms with Gasteiger partial charge in [0, 0.05) is 41.2 Å². The first-order valence-electron chi connectivity index (χ1n) is 9.31. The molecule has 0 spiro atoms. The Morgan fingerprint density at radius 3 is 2.46 bits per heavy atom. The summed E-state index contributed by atoms with van der Waals surface area (Å²) in [4.78, 5) is 32.9. The predicted molar refractivity (Wildman–Crippen MR) is 111 cm³/mol. The average Bonchev–Trinajstić information content (AvgIpc) is 3.43. The second-order valence-electron chi connectivity index (χ2n) is 7.25. The molecule has 0 bridgehead atoms. The lowest BCUT2D eigenvalue weighted by atomic mass is 9.95. The summed E-state index contributed by atoms with van der Waals surface area (Å²) in [6, 6.07) is 7.49. The molecule has 1 saturated carbocycles. The first kappa shape index (κ1) is 18.5. The minimum absolute atomic E-state index is 0.203. The van der Waals surface area contributed by atoms with Gasteiger partial charge < -0.3 is 0 Å². The number of anilines is 1. The Morgan fingerprint density at radius 1 is 1.14 bits per heavy atom. The van der Waals surface area contributed by atoms with Crippen molar-refractivity contribution in [1.82, 2.24) is 9.97 Å². The van der Waals surface area contributed by atoms with Crippen molar-refractivity contribution in [2.24, 2.45) is 5.92 Å². The summed E-state index contributed by atoms with van der Waals surface area (Å²) in [5, 5.41) is 5.35. The number of benzene rings is 1. The second-order valence-corrected chi connectivity index (χ2v) is 8.11. The van der Waals surface area contributed by atoms with Gasteiger partial charge in [0.05, 0.1) is 5.69 Å². The van der Waals surface area contributed by atoms with Gasteiger partial charge in [-0.1, -0.05) is 12.1 Å². The Labute approximate surface area is 167 Å². The van der Waals surface area contributed by atoms with Crippen LogP contribution in [0.2, 0.25) is 0 Å².